The number of rotatable bonds is 1. The van der Waals surface area contributed by atoms with Gasteiger partial charge in [0.15, 0.2) is 0 Å². The van der Waals surface area contributed by atoms with E-state index in [9.17, 15) is 0 Å². The van der Waals surface area contributed by atoms with Crippen molar-refractivity contribution in [3.8, 4) is 0 Å². The number of aliphatic imine (C=N–C) groups is 1. The van der Waals surface area contributed by atoms with E-state index in [2.05, 4.69) is 10.3 Å². The van der Waals surface area contributed by atoms with Crippen molar-refractivity contribution < 1.29 is 4.58 Å². The molecule has 0 bridgehead atoms. The first-order valence-electron chi connectivity index (χ1n) is 4.64. The van der Waals surface area contributed by atoms with Crippen LogP contribution in [0.2, 0.25) is 0 Å². The van der Waals surface area contributed by atoms with Crippen molar-refractivity contribution in [2.24, 2.45) is 4.99 Å². The largest absolute Gasteiger partial charge is 0.348 e. The predicted molar refractivity (Wildman–Crippen MR) is 65.0 cm³/mol. The minimum Gasteiger partial charge on any atom is -0.257 e. The maximum atomic E-state index is 5.99. The van der Waals surface area contributed by atoms with Gasteiger partial charge in [0.1, 0.15) is 0 Å². The number of nitrogens with zero attached hydrogens (tertiary/aromatic N) is 2. The third-order valence-electron chi connectivity index (χ3n) is 1.89. The van der Waals surface area contributed by atoms with Gasteiger partial charge in [0.2, 0.25) is 5.84 Å². The summed E-state index contributed by atoms with van der Waals surface area (Å²) in [7, 11) is 5.47. The highest BCUT2D eigenvalue weighted by atomic mass is 35.5. The molecule has 0 fully saturated rings. The number of amidine groups is 2. The summed E-state index contributed by atoms with van der Waals surface area (Å²) in [5.74, 6) is 0.759. The van der Waals surface area contributed by atoms with E-state index in [1.54, 1.807) is 11.6 Å². The summed E-state index contributed by atoms with van der Waals surface area (Å²) in [6.07, 6.45) is 0. The van der Waals surface area contributed by atoms with Gasteiger partial charge >= 0.3 is 5.29 Å². The van der Waals surface area contributed by atoms with Crippen LogP contribution in [-0.4, -0.2) is 36.8 Å². The van der Waals surface area contributed by atoms with Crippen LogP contribution >= 0.6 is 11.6 Å². The molecule has 0 aliphatic rings. The monoisotopic (exact) mass is 224 g/mol. The maximum absolute atomic E-state index is 5.99. The molecule has 0 aliphatic carbocycles. The minimum absolute atomic E-state index is 0.541. The van der Waals surface area contributed by atoms with Crippen molar-refractivity contribution in [2.45, 2.75) is 0 Å². The van der Waals surface area contributed by atoms with Crippen LogP contribution in [0.1, 0.15) is 5.56 Å². The van der Waals surface area contributed by atoms with Gasteiger partial charge in [0, 0.05) is 24.2 Å². The van der Waals surface area contributed by atoms with Gasteiger partial charge in [-0.2, -0.15) is 0 Å². The molecule has 1 aromatic carbocycles. The molecule has 0 heterocycles. The van der Waals surface area contributed by atoms with Crippen LogP contribution < -0.4 is 5.32 Å². The number of halogens is 1. The van der Waals surface area contributed by atoms with E-state index in [1.165, 1.54) is 0 Å². The molecule has 0 saturated heterocycles. The van der Waals surface area contributed by atoms with Gasteiger partial charge in [0.25, 0.3) is 0 Å². The lowest BCUT2D eigenvalue weighted by Crippen LogP contribution is -2.32. The molecule has 3 nitrogen and oxygen atoms in total. The van der Waals surface area contributed by atoms with Crippen LogP contribution in [0.4, 0.5) is 0 Å². The highest BCUT2D eigenvalue weighted by Crippen LogP contribution is 1.99. The molecule has 4 heteroatoms. The molecular weight excluding hydrogens is 210 g/mol. The Morgan fingerprint density at radius 2 is 1.87 bits per heavy atom. The van der Waals surface area contributed by atoms with E-state index in [0.717, 1.165) is 11.4 Å². The van der Waals surface area contributed by atoms with Crippen LogP contribution in [0.15, 0.2) is 35.3 Å². The maximum Gasteiger partial charge on any atom is 0.348 e. The molecular formula is C11H15ClN3+. The fourth-order valence-electron chi connectivity index (χ4n) is 1.06. The first-order chi connectivity index (χ1) is 7.15. The van der Waals surface area contributed by atoms with Gasteiger partial charge in [-0.05, 0) is 12.1 Å². The minimum atomic E-state index is 0.541. The topological polar surface area (TPSA) is 27.4 Å². The first kappa shape index (κ1) is 11.7. The predicted octanol–water partition coefficient (Wildman–Crippen LogP) is 1.52. The zero-order valence-electron chi connectivity index (χ0n) is 9.16. The van der Waals surface area contributed by atoms with Crippen LogP contribution in [-0.2, 0) is 0 Å². The second-order valence-corrected chi connectivity index (χ2v) is 3.61. The van der Waals surface area contributed by atoms with Crippen molar-refractivity contribution in [1.29, 1.82) is 0 Å². The van der Waals surface area contributed by atoms with Gasteiger partial charge in [0.05, 0.1) is 14.1 Å². The van der Waals surface area contributed by atoms with Crippen molar-refractivity contribution in [3.05, 3.63) is 35.9 Å². The summed E-state index contributed by atoms with van der Waals surface area (Å²) < 4.78 is 1.79. The van der Waals surface area contributed by atoms with Crippen molar-refractivity contribution in [3.63, 3.8) is 0 Å². The van der Waals surface area contributed by atoms with E-state index < -0.39 is 0 Å². The number of hydrogen-bond acceptors (Lipinski definition) is 1. The van der Waals surface area contributed by atoms with Gasteiger partial charge in [-0.15, -0.1) is 0 Å². The molecule has 80 valence electrons. The lowest BCUT2D eigenvalue weighted by molar-refractivity contribution is -0.463. The molecule has 0 amide bonds. The molecule has 15 heavy (non-hydrogen) atoms. The highest BCUT2D eigenvalue weighted by molar-refractivity contribution is 6.64. The molecule has 0 aromatic heterocycles. The second-order valence-electron chi connectivity index (χ2n) is 3.25. The molecule has 0 spiro atoms. The lowest BCUT2D eigenvalue weighted by Gasteiger charge is -2.02. The van der Waals surface area contributed by atoms with Crippen LogP contribution in [0.3, 0.4) is 0 Å². The third kappa shape index (κ3) is 3.36. The molecule has 1 N–H and O–H groups in total. The fourth-order valence-corrected chi connectivity index (χ4v) is 1.15. The average Bonchev–Trinajstić information content (AvgIpc) is 2.26. The van der Waals surface area contributed by atoms with Gasteiger partial charge in [-0.3, -0.25) is 9.57 Å². The Hall–Kier alpha value is -1.35. The average molecular weight is 225 g/mol. The Kier molecular flexibility index (Phi) is 4.31. The van der Waals surface area contributed by atoms with Crippen LogP contribution in [0.5, 0.6) is 0 Å². The highest BCUT2D eigenvalue weighted by Gasteiger charge is 2.11. The van der Waals surface area contributed by atoms with E-state index in [0.29, 0.717) is 5.29 Å². The molecule has 1 aromatic rings. The Labute approximate surface area is 95.1 Å². The zero-order chi connectivity index (χ0) is 11.3. The van der Waals surface area contributed by atoms with Gasteiger partial charge in [-0.25, -0.2) is 5.32 Å². The third-order valence-corrected chi connectivity index (χ3v) is 2.32. The number of benzene rings is 1. The summed E-state index contributed by atoms with van der Waals surface area (Å²) in [6.45, 7) is 0. The molecule has 0 atom stereocenters. The first-order valence-corrected chi connectivity index (χ1v) is 5.02. The number of hydrogen-bond donors (Lipinski definition) is 1. The normalized spacial score (nSPS) is 11.1. The van der Waals surface area contributed by atoms with Crippen LogP contribution in [0.25, 0.3) is 0 Å². The quantitative estimate of drug-likeness (QED) is 0.333. The Bertz CT molecular complexity index is 378. The smallest absolute Gasteiger partial charge is 0.257 e. The summed E-state index contributed by atoms with van der Waals surface area (Å²) in [4.78, 5) is 4.15. The Morgan fingerprint density at radius 3 is 2.33 bits per heavy atom. The van der Waals surface area contributed by atoms with Crippen molar-refractivity contribution >= 4 is 22.7 Å². The molecule has 0 aliphatic heterocycles. The summed E-state index contributed by atoms with van der Waals surface area (Å²) in [5.41, 5.74) is 1.01. The standard InChI is InChI=1S/C11H14ClN3/c1-13-10(14-11(12)15(2)3)9-7-5-4-6-8-9/h4-8H,1-3H3/p+1. The zero-order valence-corrected chi connectivity index (χ0v) is 9.92. The Balaban J connectivity index is 2.89. The van der Waals surface area contributed by atoms with Gasteiger partial charge < -0.3 is 0 Å². The van der Waals surface area contributed by atoms with E-state index in [-0.39, 0.29) is 0 Å². The molecule has 0 saturated carbocycles. The lowest BCUT2D eigenvalue weighted by atomic mass is 10.2. The Morgan fingerprint density at radius 1 is 1.27 bits per heavy atom. The van der Waals surface area contributed by atoms with E-state index in [1.807, 2.05) is 44.4 Å². The van der Waals surface area contributed by atoms with Crippen molar-refractivity contribution in [2.75, 3.05) is 21.1 Å². The fraction of sp³-hybridized carbons (Fsp3) is 0.273. The SMILES string of the molecule is CN=C(NC(Cl)=[N+](C)C)c1ccccc1. The molecule has 0 radical (unpaired) electrons. The molecule has 0 unspecified atom stereocenters. The van der Waals surface area contributed by atoms with E-state index in [4.69, 9.17) is 11.6 Å². The van der Waals surface area contributed by atoms with Gasteiger partial charge in [-0.1, -0.05) is 18.2 Å². The van der Waals surface area contributed by atoms with E-state index >= 15 is 0 Å². The summed E-state index contributed by atoms with van der Waals surface area (Å²) in [5, 5.41) is 3.58. The number of nitrogens with one attached hydrogen (secondary N) is 1. The summed E-state index contributed by atoms with van der Waals surface area (Å²) >= 11 is 5.99. The molecule has 1 rings (SSSR count). The summed E-state index contributed by atoms with van der Waals surface area (Å²) in [6, 6.07) is 9.86. The second kappa shape index (κ2) is 5.51. The van der Waals surface area contributed by atoms with Crippen molar-refractivity contribution in [1.82, 2.24) is 5.32 Å². The van der Waals surface area contributed by atoms with Crippen LogP contribution in [0, 0.1) is 0 Å².